The molecule has 1 aliphatic carbocycles. The van der Waals surface area contributed by atoms with Crippen LogP contribution < -0.4 is 10.5 Å². The molecule has 1 aromatic rings. The van der Waals surface area contributed by atoms with Crippen LogP contribution in [0.25, 0.3) is 0 Å². The Morgan fingerprint density at radius 2 is 2.22 bits per heavy atom. The average Bonchev–Trinajstić information content (AvgIpc) is 2.38. The first-order valence-corrected chi connectivity index (χ1v) is 6.84. The van der Waals surface area contributed by atoms with E-state index in [1.807, 2.05) is 0 Å². The molecule has 0 bridgehead atoms. The van der Waals surface area contributed by atoms with E-state index in [2.05, 4.69) is 37.2 Å². The lowest BCUT2D eigenvalue weighted by molar-refractivity contribution is 0.265. The summed E-state index contributed by atoms with van der Waals surface area (Å²) in [5.41, 5.74) is 8.40. The Balaban J connectivity index is 2.15. The predicted molar refractivity (Wildman–Crippen MR) is 75.0 cm³/mol. The largest absolute Gasteiger partial charge is 0.494 e. The Morgan fingerprint density at radius 1 is 1.39 bits per heavy atom. The zero-order valence-electron chi connectivity index (χ0n) is 11.5. The molecule has 2 rings (SSSR count). The molecule has 0 amide bonds. The van der Waals surface area contributed by atoms with Gasteiger partial charge in [0.2, 0.25) is 0 Å². The lowest BCUT2D eigenvalue weighted by atomic mass is 9.87. The number of nitrogens with two attached hydrogens (primary N) is 1. The Bertz CT molecular complexity index is 390. The topological polar surface area (TPSA) is 38.5 Å². The highest BCUT2D eigenvalue weighted by Crippen LogP contribution is 2.35. The molecule has 1 aliphatic rings. The van der Waals surface area contributed by atoms with E-state index in [1.54, 1.807) is 0 Å². The van der Waals surface area contributed by atoms with Gasteiger partial charge >= 0.3 is 0 Å². The van der Waals surface area contributed by atoms with E-state index in [0.29, 0.717) is 19.2 Å². The SMILES string of the molecule is CN(C)C1CCCc2ccc(OCCCN)cc21. The zero-order chi connectivity index (χ0) is 13.0. The number of ether oxygens (including phenoxy) is 1. The van der Waals surface area contributed by atoms with E-state index in [0.717, 1.165) is 12.2 Å². The van der Waals surface area contributed by atoms with Crippen molar-refractivity contribution in [3.05, 3.63) is 29.3 Å². The van der Waals surface area contributed by atoms with Crippen molar-refractivity contribution in [3.63, 3.8) is 0 Å². The summed E-state index contributed by atoms with van der Waals surface area (Å²) in [5, 5.41) is 0. The number of nitrogens with zero attached hydrogens (tertiary/aromatic N) is 1. The van der Waals surface area contributed by atoms with E-state index in [1.165, 1.54) is 30.4 Å². The molecule has 0 saturated carbocycles. The maximum Gasteiger partial charge on any atom is 0.119 e. The molecule has 100 valence electrons. The van der Waals surface area contributed by atoms with E-state index in [4.69, 9.17) is 10.5 Å². The van der Waals surface area contributed by atoms with Crippen LogP contribution in [-0.2, 0) is 6.42 Å². The molecule has 0 aromatic heterocycles. The first-order chi connectivity index (χ1) is 8.72. The molecular weight excluding hydrogens is 224 g/mol. The first kappa shape index (κ1) is 13.4. The summed E-state index contributed by atoms with van der Waals surface area (Å²) < 4.78 is 5.74. The second kappa shape index (κ2) is 6.21. The van der Waals surface area contributed by atoms with E-state index >= 15 is 0 Å². The highest BCUT2D eigenvalue weighted by Gasteiger charge is 2.22. The molecule has 1 atom stereocenters. The van der Waals surface area contributed by atoms with Gasteiger partial charge in [0.15, 0.2) is 0 Å². The third kappa shape index (κ3) is 3.03. The molecule has 0 heterocycles. The quantitative estimate of drug-likeness (QED) is 0.813. The van der Waals surface area contributed by atoms with Crippen LogP contribution in [0, 0.1) is 0 Å². The van der Waals surface area contributed by atoms with Crippen LogP contribution >= 0.6 is 0 Å². The second-order valence-electron chi connectivity index (χ2n) is 5.22. The van der Waals surface area contributed by atoms with E-state index in [9.17, 15) is 0 Å². The molecule has 0 radical (unpaired) electrons. The van der Waals surface area contributed by atoms with Gasteiger partial charge in [-0.25, -0.2) is 0 Å². The smallest absolute Gasteiger partial charge is 0.119 e. The van der Waals surface area contributed by atoms with E-state index in [-0.39, 0.29) is 0 Å². The molecule has 3 nitrogen and oxygen atoms in total. The highest BCUT2D eigenvalue weighted by atomic mass is 16.5. The number of benzene rings is 1. The van der Waals surface area contributed by atoms with Crippen LogP contribution in [-0.4, -0.2) is 32.1 Å². The van der Waals surface area contributed by atoms with Gasteiger partial charge in [-0.2, -0.15) is 0 Å². The van der Waals surface area contributed by atoms with Crippen LogP contribution in [0.2, 0.25) is 0 Å². The lowest BCUT2D eigenvalue weighted by Crippen LogP contribution is -2.24. The fourth-order valence-electron chi connectivity index (χ4n) is 2.65. The molecule has 0 fully saturated rings. The molecule has 1 aromatic carbocycles. The maximum absolute atomic E-state index is 5.74. The van der Waals surface area contributed by atoms with Crippen molar-refractivity contribution in [2.45, 2.75) is 31.7 Å². The number of fused-ring (bicyclic) bond motifs is 1. The van der Waals surface area contributed by atoms with Crippen molar-refractivity contribution < 1.29 is 4.74 Å². The Hall–Kier alpha value is -1.06. The van der Waals surface area contributed by atoms with Crippen molar-refractivity contribution >= 4 is 0 Å². The van der Waals surface area contributed by atoms with Crippen LogP contribution in [0.3, 0.4) is 0 Å². The van der Waals surface area contributed by atoms with Crippen LogP contribution in [0.5, 0.6) is 5.75 Å². The summed E-state index contributed by atoms with van der Waals surface area (Å²) >= 11 is 0. The van der Waals surface area contributed by atoms with Gasteiger partial charge < -0.3 is 15.4 Å². The van der Waals surface area contributed by atoms with Crippen molar-refractivity contribution in [2.24, 2.45) is 5.73 Å². The molecule has 3 heteroatoms. The third-order valence-electron chi connectivity index (χ3n) is 3.64. The molecule has 0 spiro atoms. The van der Waals surface area contributed by atoms with Crippen LogP contribution in [0.1, 0.15) is 36.4 Å². The van der Waals surface area contributed by atoms with Gasteiger partial charge in [0.05, 0.1) is 6.61 Å². The fraction of sp³-hybridized carbons (Fsp3) is 0.600. The zero-order valence-corrected chi connectivity index (χ0v) is 11.5. The first-order valence-electron chi connectivity index (χ1n) is 6.84. The van der Waals surface area contributed by atoms with E-state index < -0.39 is 0 Å². The summed E-state index contributed by atoms with van der Waals surface area (Å²) in [4.78, 5) is 2.31. The number of hydrogen-bond donors (Lipinski definition) is 1. The highest BCUT2D eigenvalue weighted by molar-refractivity contribution is 5.39. The predicted octanol–water partition coefficient (Wildman–Crippen LogP) is 2.35. The molecule has 0 aliphatic heterocycles. The summed E-state index contributed by atoms with van der Waals surface area (Å²) in [6, 6.07) is 7.07. The molecule has 1 unspecified atom stereocenters. The lowest BCUT2D eigenvalue weighted by Gasteiger charge is -2.31. The molecule has 0 saturated heterocycles. The minimum Gasteiger partial charge on any atom is -0.494 e. The van der Waals surface area contributed by atoms with Crippen molar-refractivity contribution in [1.82, 2.24) is 4.90 Å². The van der Waals surface area contributed by atoms with Crippen LogP contribution in [0.4, 0.5) is 0 Å². The summed E-state index contributed by atoms with van der Waals surface area (Å²) in [6.45, 7) is 1.40. The van der Waals surface area contributed by atoms with Gasteiger partial charge in [-0.3, -0.25) is 0 Å². The van der Waals surface area contributed by atoms with Gasteiger partial charge in [0.25, 0.3) is 0 Å². The Labute approximate surface area is 110 Å². The summed E-state index contributed by atoms with van der Waals surface area (Å²) in [7, 11) is 4.31. The number of rotatable bonds is 5. The van der Waals surface area contributed by atoms with Crippen molar-refractivity contribution in [3.8, 4) is 5.75 Å². The summed E-state index contributed by atoms with van der Waals surface area (Å²) in [6.07, 6.45) is 4.63. The van der Waals surface area contributed by atoms with Gasteiger partial charge in [-0.05, 0) is 69.6 Å². The molecule has 18 heavy (non-hydrogen) atoms. The molecule has 2 N–H and O–H groups in total. The maximum atomic E-state index is 5.74. The fourth-order valence-corrected chi connectivity index (χ4v) is 2.65. The van der Waals surface area contributed by atoms with Crippen molar-refractivity contribution in [1.29, 1.82) is 0 Å². The number of hydrogen-bond acceptors (Lipinski definition) is 3. The third-order valence-corrected chi connectivity index (χ3v) is 3.64. The van der Waals surface area contributed by atoms with Gasteiger partial charge in [0, 0.05) is 6.04 Å². The standard InChI is InChI=1S/C15H24N2O/c1-17(2)15-6-3-5-12-7-8-13(11-14(12)15)18-10-4-9-16/h7-8,11,15H,3-6,9-10,16H2,1-2H3. The summed E-state index contributed by atoms with van der Waals surface area (Å²) in [5.74, 6) is 0.982. The van der Waals surface area contributed by atoms with Crippen LogP contribution in [0.15, 0.2) is 18.2 Å². The normalized spacial score (nSPS) is 18.8. The second-order valence-corrected chi connectivity index (χ2v) is 5.22. The van der Waals surface area contributed by atoms with Gasteiger partial charge in [-0.1, -0.05) is 6.07 Å². The number of aryl methyl sites for hydroxylation is 1. The van der Waals surface area contributed by atoms with Gasteiger partial charge in [-0.15, -0.1) is 0 Å². The minimum absolute atomic E-state index is 0.534. The Kier molecular flexibility index (Phi) is 4.61. The monoisotopic (exact) mass is 248 g/mol. The molecular formula is C15H24N2O. The van der Waals surface area contributed by atoms with Gasteiger partial charge in [0.1, 0.15) is 5.75 Å². The average molecular weight is 248 g/mol. The minimum atomic E-state index is 0.534. The Morgan fingerprint density at radius 3 is 2.94 bits per heavy atom. The van der Waals surface area contributed by atoms with Crippen molar-refractivity contribution in [2.75, 3.05) is 27.2 Å².